The molecule has 0 heterocycles. The molecule has 2 aromatic carbocycles. The zero-order valence-electron chi connectivity index (χ0n) is 9.01. The fraction of sp³-hybridized carbons (Fsp3) is 0.0833. The summed E-state index contributed by atoms with van der Waals surface area (Å²) in [4.78, 5) is 10.4. The van der Waals surface area contributed by atoms with Crippen molar-refractivity contribution in [3.05, 3.63) is 30.3 Å². The van der Waals surface area contributed by atoms with Gasteiger partial charge in [0.15, 0.2) is 11.5 Å². The Labute approximate surface area is 96.8 Å². The lowest BCUT2D eigenvalue weighted by Gasteiger charge is -2.08. The van der Waals surface area contributed by atoms with Gasteiger partial charge in [0.1, 0.15) is 5.75 Å². The first-order valence-electron chi connectivity index (χ1n) is 4.82. The van der Waals surface area contributed by atoms with Crippen molar-refractivity contribution in [2.24, 2.45) is 0 Å². The zero-order chi connectivity index (χ0) is 12.4. The molecule has 0 atom stereocenters. The number of hydrogen-bond acceptors (Lipinski definition) is 4. The fourth-order valence-corrected chi connectivity index (χ4v) is 1.62. The number of ether oxygens (including phenoxy) is 2. The van der Waals surface area contributed by atoms with Crippen LogP contribution in [-0.4, -0.2) is 23.5 Å². The van der Waals surface area contributed by atoms with Gasteiger partial charge < -0.3 is 19.7 Å². The summed E-state index contributed by atoms with van der Waals surface area (Å²) >= 11 is 0. The van der Waals surface area contributed by atoms with E-state index in [4.69, 9.17) is 9.84 Å². The van der Waals surface area contributed by atoms with E-state index in [1.54, 1.807) is 18.2 Å². The minimum absolute atomic E-state index is 0.0988. The molecule has 0 spiro atoms. The Morgan fingerprint density at radius 1 is 1.24 bits per heavy atom. The fourth-order valence-electron chi connectivity index (χ4n) is 1.62. The molecular weight excluding hydrogens is 224 g/mol. The van der Waals surface area contributed by atoms with Crippen molar-refractivity contribution in [1.29, 1.82) is 0 Å². The second-order valence-electron chi connectivity index (χ2n) is 3.37. The number of methoxy groups -OCH3 is 1. The van der Waals surface area contributed by atoms with Gasteiger partial charge in [-0.15, -0.1) is 0 Å². The highest BCUT2D eigenvalue weighted by molar-refractivity contribution is 5.91. The Kier molecular flexibility index (Phi) is 2.74. The Morgan fingerprint density at radius 2 is 2.00 bits per heavy atom. The number of fused-ring (bicyclic) bond motifs is 1. The van der Waals surface area contributed by atoms with Crippen molar-refractivity contribution in [1.82, 2.24) is 0 Å². The summed E-state index contributed by atoms with van der Waals surface area (Å²) in [7, 11) is 1.52. The lowest BCUT2D eigenvalue weighted by molar-refractivity contribution is 0.143. The van der Waals surface area contributed by atoms with Crippen LogP contribution in [0.4, 0.5) is 4.79 Å². The third kappa shape index (κ3) is 2.08. The Hall–Kier alpha value is -2.43. The zero-order valence-corrected chi connectivity index (χ0v) is 9.01. The number of phenolic OH excluding ortho intramolecular Hbond substituents is 1. The van der Waals surface area contributed by atoms with Gasteiger partial charge in [0, 0.05) is 5.39 Å². The average Bonchev–Trinajstić information content (AvgIpc) is 2.29. The third-order valence-corrected chi connectivity index (χ3v) is 2.34. The van der Waals surface area contributed by atoms with Crippen LogP contribution >= 0.6 is 0 Å². The highest BCUT2D eigenvalue weighted by Gasteiger charge is 2.11. The van der Waals surface area contributed by atoms with E-state index in [9.17, 15) is 9.90 Å². The van der Waals surface area contributed by atoms with Crippen LogP contribution in [0, 0.1) is 0 Å². The van der Waals surface area contributed by atoms with E-state index in [0.717, 1.165) is 5.39 Å². The quantitative estimate of drug-likeness (QED) is 0.617. The average molecular weight is 234 g/mol. The van der Waals surface area contributed by atoms with Crippen LogP contribution in [0.15, 0.2) is 30.3 Å². The van der Waals surface area contributed by atoms with Gasteiger partial charge in [0.2, 0.25) is 0 Å². The summed E-state index contributed by atoms with van der Waals surface area (Å²) in [5.41, 5.74) is 0. The van der Waals surface area contributed by atoms with Crippen molar-refractivity contribution >= 4 is 16.9 Å². The topological polar surface area (TPSA) is 76.0 Å². The molecule has 0 aliphatic heterocycles. The Balaban J connectivity index is 2.61. The molecule has 17 heavy (non-hydrogen) atoms. The molecule has 2 aromatic rings. The molecule has 88 valence electrons. The second-order valence-corrected chi connectivity index (χ2v) is 3.37. The van der Waals surface area contributed by atoms with Gasteiger partial charge >= 0.3 is 6.16 Å². The maximum atomic E-state index is 10.4. The SMILES string of the molecule is COc1cccc2cc(OC(=O)O)c(O)cc12. The molecular formula is C12H10O5. The van der Waals surface area contributed by atoms with Crippen molar-refractivity contribution < 1.29 is 24.5 Å². The van der Waals surface area contributed by atoms with Crippen LogP contribution in [0.3, 0.4) is 0 Å². The van der Waals surface area contributed by atoms with E-state index in [0.29, 0.717) is 11.1 Å². The van der Waals surface area contributed by atoms with Crippen LogP contribution in [0.25, 0.3) is 10.8 Å². The summed E-state index contributed by atoms with van der Waals surface area (Å²) in [6.07, 6.45) is -1.47. The van der Waals surface area contributed by atoms with Crippen LogP contribution in [0.5, 0.6) is 17.2 Å². The predicted octanol–water partition coefficient (Wildman–Crippen LogP) is 2.61. The molecule has 0 saturated carbocycles. The van der Waals surface area contributed by atoms with Gasteiger partial charge in [0.25, 0.3) is 0 Å². The summed E-state index contributed by atoms with van der Waals surface area (Å²) in [6, 6.07) is 8.14. The van der Waals surface area contributed by atoms with Crippen molar-refractivity contribution in [3.8, 4) is 17.2 Å². The largest absolute Gasteiger partial charge is 0.511 e. The lowest BCUT2D eigenvalue weighted by Crippen LogP contribution is -2.03. The normalized spacial score (nSPS) is 10.2. The smallest absolute Gasteiger partial charge is 0.504 e. The van der Waals surface area contributed by atoms with Gasteiger partial charge in [-0.2, -0.15) is 0 Å². The number of carboxylic acid groups (broad SMARTS) is 1. The van der Waals surface area contributed by atoms with E-state index in [2.05, 4.69) is 4.74 Å². The summed E-state index contributed by atoms with van der Waals surface area (Å²) in [5, 5.41) is 19.5. The van der Waals surface area contributed by atoms with Gasteiger partial charge in [-0.1, -0.05) is 12.1 Å². The van der Waals surface area contributed by atoms with Crippen molar-refractivity contribution in [2.45, 2.75) is 0 Å². The molecule has 2 N–H and O–H groups in total. The number of carbonyl (C=O) groups is 1. The summed E-state index contributed by atoms with van der Waals surface area (Å²) < 4.78 is 9.59. The summed E-state index contributed by atoms with van der Waals surface area (Å²) in [5.74, 6) is 0.252. The Bertz CT molecular complexity index is 576. The molecule has 5 heteroatoms. The maximum absolute atomic E-state index is 10.4. The van der Waals surface area contributed by atoms with E-state index >= 15 is 0 Å². The monoisotopic (exact) mass is 234 g/mol. The molecule has 0 aromatic heterocycles. The first-order valence-corrected chi connectivity index (χ1v) is 4.82. The molecule has 0 saturated heterocycles. The predicted molar refractivity (Wildman–Crippen MR) is 60.8 cm³/mol. The van der Waals surface area contributed by atoms with E-state index in [-0.39, 0.29) is 11.5 Å². The van der Waals surface area contributed by atoms with Crippen LogP contribution < -0.4 is 9.47 Å². The number of hydrogen-bond donors (Lipinski definition) is 2. The number of phenols is 1. The van der Waals surface area contributed by atoms with Crippen LogP contribution in [0.2, 0.25) is 0 Å². The number of benzene rings is 2. The number of rotatable bonds is 2. The molecule has 2 rings (SSSR count). The van der Waals surface area contributed by atoms with Gasteiger partial charge in [-0.25, -0.2) is 4.79 Å². The van der Waals surface area contributed by atoms with Gasteiger partial charge in [0.05, 0.1) is 7.11 Å². The minimum Gasteiger partial charge on any atom is -0.504 e. The van der Waals surface area contributed by atoms with E-state index in [1.165, 1.54) is 19.2 Å². The molecule has 0 unspecified atom stereocenters. The molecule has 0 aliphatic carbocycles. The molecule has 0 fully saturated rings. The third-order valence-electron chi connectivity index (χ3n) is 2.34. The van der Waals surface area contributed by atoms with E-state index < -0.39 is 6.16 Å². The molecule has 0 amide bonds. The standard InChI is InChI=1S/C12H10O5/c1-16-10-4-2-3-7-5-11(17-12(14)15)9(13)6-8(7)10/h2-6,13H,1H3,(H,14,15). The highest BCUT2D eigenvalue weighted by atomic mass is 16.7. The van der Waals surface area contributed by atoms with Crippen LogP contribution in [-0.2, 0) is 0 Å². The van der Waals surface area contributed by atoms with Crippen molar-refractivity contribution in [3.63, 3.8) is 0 Å². The lowest BCUT2D eigenvalue weighted by atomic mass is 10.1. The first kappa shape index (κ1) is 11.1. The molecule has 5 nitrogen and oxygen atoms in total. The molecule has 0 radical (unpaired) electrons. The van der Waals surface area contributed by atoms with Crippen molar-refractivity contribution in [2.75, 3.05) is 7.11 Å². The van der Waals surface area contributed by atoms with Crippen LogP contribution in [0.1, 0.15) is 0 Å². The highest BCUT2D eigenvalue weighted by Crippen LogP contribution is 2.35. The molecule has 0 aliphatic rings. The molecule has 0 bridgehead atoms. The van der Waals surface area contributed by atoms with Gasteiger partial charge in [-0.3, -0.25) is 0 Å². The van der Waals surface area contributed by atoms with E-state index in [1.807, 2.05) is 0 Å². The second kappa shape index (κ2) is 4.21. The number of aromatic hydroxyl groups is 1. The van der Waals surface area contributed by atoms with Gasteiger partial charge in [-0.05, 0) is 23.6 Å². The first-order chi connectivity index (χ1) is 8.11. The maximum Gasteiger partial charge on any atom is 0.511 e. The minimum atomic E-state index is -1.47. The Morgan fingerprint density at radius 3 is 2.65 bits per heavy atom. The summed E-state index contributed by atoms with van der Waals surface area (Å²) in [6.45, 7) is 0.